The second kappa shape index (κ2) is 9.52. The molecule has 0 saturated heterocycles. The van der Waals surface area contributed by atoms with E-state index in [1.807, 2.05) is 13.8 Å². The van der Waals surface area contributed by atoms with Crippen LogP contribution >= 0.6 is 0 Å². The number of unbranched alkanes of at least 4 members (excludes halogenated alkanes) is 3. The molecule has 2 aromatic rings. The van der Waals surface area contributed by atoms with Crippen LogP contribution in [-0.2, 0) is 19.7 Å². The summed E-state index contributed by atoms with van der Waals surface area (Å²) in [7, 11) is -7.73. The van der Waals surface area contributed by atoms with Gasteiger partial charge in [-0.1, -0.05) is 61.6 Å². The van der Waals surface area contributed by atoms with Crippen LogP contribution in [0.3, 0.4) is 0 Å². The summed E-state index contributed by atoms with van der Waals surface area (Å²) in [4.78, 5) is 0.176. The van der Waals surface area contributed by atoms with Gasteiger partial charge >= 0.3 is 0 Å². The second-order valence-electron chi connectivity index (χ2n) is 7.07. The standard InChI is InChI=1S/C22H28O4S2/c1-4-5-6-7-8-22(28(25,26)21-15-11-19(3)12-16-21)17-27(23,24)20-13-9-18(2)10-14-20/h9-17H,4-8H2,1-3H3/b22-17-. The molecule has 6 heteroatoms. The molecule has 2 rings (SSSR count). The van der Waals surface area contributed by atoms with E-state index in [2.05, 4.69) is 6.92 Å². The van der Waals surface area contributed by atoms with Crippen molar-refractivity contribution in [3.63, 3.8) is 0 Å². The fraction of sp³-hybridized carbons (Fsp3) is 0.364. The van der Waals surface area contributed by atoms with Crippen LogP contribution in [-0.4, -0.2) is 16.8 Å². The number of benzene rings is 2. The van der Waals surface area contributed by atoms with Crippen molar-refractivity contribution in [1.82, 2.24) is 0 Å². The maximum atomic E-state index is 13.1. The molecule has 0 N–H and O–H groups in total. The SMILES string of the molecule is CCCCCC/C(=C/S(=O)(=O)c1ccc(C)cc1)S(=O)(=O)c1ccc(C)cc1. The number of aryl methyl sites for hydroxylation is 2. The summed E-state index contributed by atoms with van der Waals surface area (Å²) in [6.07, 6.45) is 3.71. The fourth-order valence-corrected chi connectivity index (χ4v) is 6.03. The molecule has 152 valence electrons. The summed E-state index contributed by atoms with van der Waals surface area (Å²) in [6.45, 7) is 5.81. The average molecular weight is 421 g/mol. The summed E-state index contributed by atoms with van der Waals surface area (Å²) in [5.41, 5.74) is 1.88. The lowest BCUT2D eigenvalue weighted by Crippen LogP contribution is -2.09. The Morgan fingerprint density at radius 2 is 1.25 bits per heavy atom. The summed E-state index contributed by atoms with van der Waals surface area (Å²) in [5, 5.41) is 0.943. The lowest BCUT2D eigenvalue weighted by Gasteiger charge is -2.11. The lowest BCUT2D eigenvalue weighted by molar-refractivity contribution is 0.593. The van der Waals surface area contributed by atoms with E-state index < -0.39 is 19.7 Å². The van der Waals surface area contributed by atoms with Gasteiger partial charge in [-0.2, -0.15) is 0 Å². The van der Waals surface area contributed by atoms with E-state index in [0.717, 1.165) is 35.8 Å². The zero-order valence-corrected chi connectivity index (χ0v) is 18.3. The van der Waals surface area contributed by atoms with Gasteiger partial charge in [-0.3, -0.25) is 0 Å². The van der Waals surface area contributed by atoms with Crippen LogP contribution in [0.25, 0.3) is 0 Å². The fourth-order valence-electron chi connectivity index (χ4n) is 2.82. The summed E-state index contributed by atoms with van der Waals surface area (Å²) >= 11 is 0. The van der Waals surface area contributed by atoms with Crippen LogP contribution < -0.4 is 0 Å². The van der Waals surface area contributed by atoms with E-state index in [4.69, 9.17) is 0 Å². The highest BCUT2D eigenvalue weighted by atomic mass is 32.2. The Morgan fingerprint density at radius 3 is 1.75 bits per heavy atom. The van der Waals surface area contributed by atoms with Crippen molar-refractivity contribution < 1.29 is 16.8 Å². The molecule has 0 radical (unpaired) electrons. The third-order valence-electron chi connectivity index (χ3n) is 4.59. The molecule has 0 spiro atoms. The molecule has 0 aliphatic heterocycles. The Labute approximate surface area is 169 Å². The molecule has 0 heterocycles. The highest BCUT2D eigenvalue weighted by Gasteiger charge is 2.24. The van der Waals surface area contributed by atoms with E-state index in [1.165, 1.54) is 24.3 Å². The van der Waals surface area contributed by atoms with Crippen LogP contribution in [0, 0.1) is 13.8 Å². The number of hydrogen-bond acceptors (Lipinski definition) is 4. The van der Waals surface area contributed by atoms with E-state index >= 15 is 0 Å². The first-order valence-corrected chi connectivity index (χ1v) is 12.5. The first-order chi connectivity index (χ1) is 13.2. The van der Waals surface area contributed by atoms with E-state index in [0.29, 0.717) is 6.42 Å². The third kappa shape index (κ3) is 5.79. The molecular formula is C22H28O4S2. The van der Waals surface area contributed by atoms with Crippen LogP contribution in [0.4, 0.5) is 0 Å². The average Bonchev–Trinajstić information content (AvgIpc) is 2.65. The topological polar surface area (TPSA) is 68.3 Å². The minimum Gasteiger partial charge on any atom is -0.219 e. The van der Waals surface area contributed by atoms with E-state index in [9.17, 15) is 16.8 Å². The van der Waals surface area contributed by atoms with Crippen molar-refractivity contribution in [2.24, 2.45) is 0 Å². The molecule has 28 heavy (non-hydrogen) atoms. The molecule has 0 aromatic heterocycles. The van der Waals surface area contributed by atoms with Gasteiger partial charge in [0.05, 0.1) is 20.1 Å². The number of allylic oxidation sites excluding steroid dienone is 1. The van der Waals surface area contributed by atoms with Gasteiger partial charge in [-0.15, -0.1) is 0 Å². The zero-order valence-electron chi connectivity index (χ0n) is 16.7. The highest BCUT2D eigenvalue weighted by molar-refractivity contribution is 7.98. The van der Waals surface area contributed by atoms with Gasteiger partial charge in [0.25, 0.3) is 0 Å². The van der Waals surface area contributed by atoms with Gasteiger partial charge in [-0.25, -0.2) is 16.8 Å². The maximum Gasteiger partial charge on any atom is 0.203 e. The van der Waals surface area contributed by atoms with Crippen LogP contribution in [0.5, 0.6) is 0 Å². The molecule has 0 saturated carbocycles. The van der Waals surface area contributed by atoms with Crippen molar-refractivity contribution in [2.75, 3.05) is 0 Å². The molecule has 0 bridgehead atoms. The second-order valence-corrected chi connectivity index (χ2v) is 10.9. The number of hydrogen-bond donors (Lipinski definition) is 0. The monoisotopic (exact) mass is 420 g/mol. The summed E-state index contributed by atoms with van der Waals surface area (Å²) in [5.74, 6) is 0. The Hall–Kier alpha value is -1.92. The largest absolute Gasteiger partial charge is 0.219 e. The van der Waals surface area contributed by atoms with Gasteiger partial charge in [0, 0.05) is 0 Å². The smallest absolute Gasteiger partial charge is 0.203 e. The molecule has 0 aliphatic carbocycles. The van der Waals surface area contributed by atoms with Crippen molar-refractivity contribution in [1.29, 1.82) is 0 Å². The number of sulfone groups is 2. The van der Waals surface area contributed by atoms with Gasteiger partial charge < -0.3 is 0 Å². The highest BCUT2D eigenvalue weighted by Crippen LogP contribution is 2.27. The Balaban J connectivity index is 2.47. The van der Waals surface area contributed by atoms with Crippen molar-refractivity contribution in [3.8, 4) is 0 Å². The minimum absolute atomic E-state index is 0.0481. The van der Waals surface area contributed by atoms with Crippen LogP contribution in [0.2, 0.25) is 0 Å². The molecule has 0 unspecified atom stereocenters. The maximum absolute atomic E-state index is 13.1. The Morgan fingerprint density at radius 1 is 0.750 bits per heavy atom. The molecule has 2 aromatic carbocycles. The van der Waals surface area contributed by atoms with E-state index in [-0.39, 0.29) is 21.1 Å². The zero-order chi connectivity index (χ0) is 20.8. The molecular weight excluding hydrogens is 392 g/mol. The van der Waals surface area contributed by atoms with Crippen molar-refractivity contribution >= 4 is 19.7 Å². The quantitative estimate of drug-likeness (QED) is 0.512. The first kappa shape index (κ1) is 22.4. The van der Waals surface area contributed by atoms with Crippen LogP contribution in [0.15, 0.2) is 68.6 Å². The summed E-state index contributed by atoms with van der Waals surface area (Å²) in [6, 6.07) is 12.9. The molecule has 0 atom stereocenters. The predicted octanol–water partition coefficient (Wildman–Crippen LogP) is 5.36. The van der Waals surface area contributed by atoms with Gasteiger partial charge in [-0.05, 0) is 51.0 Å². The first-order valence-electron chi connectivity index (χ1n) is 9.51. The number of rotatable bonds is 9. The van der Waals surface area contributed by atoms with Gasteiger partial charge in [0.2, 0.25) is 19.7 Å². The van der Waals surface area contributed by atoms with Crippen LogP contribution in [0.1, 0.15) is 50.2 Å². The lowest BCUT2D eigenvalue weighted by atomic mass is 10.1. The molecule has 0 aliphatic rings. The summed E-state index contributed by atoms with van der Waals surface area (Å²) < 4.78 is 51.9. The Bertz CT molecular complexity index is 1010. The molecule has 4 nitrogen and oxygen atoms in total. The van der Waals surface area contributed by atoms with Gasteiger partial charge in [0.1, 0.15) is 0 Å². The van der Waals surface area contributed by atoms with E-state index in [1.54, 1.807) is 24.3 Å². The minimum atomic E-state index is -3.87. The predicted molar refractivity (Wildman–Crippen MR) is 114 cm³/mol. The van der Waals surface area contributed by atoms with Crippen molar-refractivity contribution in [2.45, 2.75) is 62.7 Å². The van der Waals surface area contributed by atoms with Gasteiger partial charge in [0.15, 0.2) is 0 Å². The third-order valence-corrected chi connectivity index (χ3v) is 8.17. The Kier molecular flexibility index (Phi) is 7.61. The van der Waals surface area contributed by atoms with Crippen molar-refractivity contribution in [3.05, 3.63) is 70.0 Å². The molecule has 0 amide bonds. The normalized spacial score (nSPS) is 12.9. The molecule has 0 fully saturated rings.